The molecule has 0 bridgehead atoms. The van der Waals surface area contributed by atoms with Crippen LogP contribution in [0.5, 0.6) is 0 Å². The number of rotatable bonds is 2. The summed E-state index contributed by atoms with van der Waals surface area (Å²) >= 11 is 0. The minimum absolute atomic E-state index is 0.247. The fraction of sp³-hybridized carbons (Fsp3) is 0.0667. The van der Waals surface area contributed by atoms with Crippen molar-refractivity contribution in [3.8, 4) is 11.3 Å². The Kier molecular flexibility index (Phi) is 2.56. The molecule has 1 aromatic carbocycles. The van der Waals surface area contributed by atoms with Crippen molar-refractivity contribution in [1.29, 1.82) is 0 Å². The molecule has 1 N–H and O–H groups in total. The number of benzene rings is 1. The standard InChI is InChI=1S/C15H12N2O2/c1-10-14(11-5-3-2-4-6-11)16-13-9-12(15(18)19)7-8-17(10)13/h2-9H,1H3,(H,18,19). The number of carboxylic acids is 1. The van der Waals surface area contributed by atoms with Gasteiger partial charge in [-0.15, -0.1) is 0 Å². The van der Waals surface area contributed by atoms with E-state index >= 15 is 0 Å². The molecule has 0 radical (unpaired) electrons. The number of imidazole rings is 1. The van der Waals surface area contributed by atoms with E-state index in [0.717, 1.165) is 17.0 Å². The zero-order chi connectivity index (χ0) is 13.4. The SMILES string of the molecule is Cc1c(-c2ccccc2)nc2cc(C(=O)O)ccn12. The van der Waals surface area contributed by atoms with Crippen LogP contribution < -0.4 is 0 Å². The minimum Gasteiger partial charge on any atom is -0.478 e. The average Bonchev–Trinajstić information content (AvgIpc) is 2.76. The summed E-state index contributed by atoms with van der Waals surface area (Å²) in [7, 11) is 0. The van der Waals surface area contributed by atoms with Gasteiger partial charge in [0.05, 0.1) is 11.3 Å². The molecule has 0 aliphatic heterocycles. The van der Waals surface area contributed by atoms with Gasteiger partial charge in [0, 0.05) is 17.5 Å². The smallest absolute Gasteiger partial charge is 0.335 e. The molecule has 0 aliphatic rings. The molecule has 0 fully saturated rings. The van der Waals surface area contributed by atoms with E-state index in [2.05, 4.69) is 4.98 Å². The Bertz CT molecular complexity index is 760. The van der Waals surface area contributed by atoms with Crippen LogP contribution in [-0.4, -0.2) is 20.5 Å². The van der Waals surface area contributed by atoms with Crippen LogP contribution in [0.15, 0.2) is 48.7 Å². The first-order valence-electron chi connectivity index (χ1n) is 5.94. The summed E-state index contributed by atoms with van der Waals surface area (Å²) in [4.78, 5) is 15.5. The van der Waals surface area contributed by atoms with Crippen molar-refractivity contribution in [2.45, 2.75) is 6.92 Å². The number of aryl methyl sites for hydroxylation is 1. The van der Waals surface area contributed by atoms with Gasteiger partial charge < -0.3 is 9.51 Å². The number of carbonyl (C=O) groups is 1. The highest BCUT2D eigenvalue weighted by atomic mass is 16.4. The van der Waals surface area contributed by atoms with E-state index in [-0.39, 0.29) is 5.56 Å². The van der Waals surface area contributed by atoms with Crippen LogP contribution in [-0.2, 0) is 0 Å². The van der Waals surface area contributed by atoms with E-state index in [1.165, 1.54) is 0 Å². The number of nitrogens with zero attached hydrogens (tertiary/aromatic N) is 2. The maximum atomic E-state index is 11.0. The van der Waals surface area contributed by atoms with Crippen molar-refractivity contribution in [2.24, 2.45) is 0 Å². The fourth-order valence-electron chi connectivity index (χ4n) is 2.17. The first-order chi connectivity index (χ1) is 9.16. The fourth-order valence-corrected chi connectivity index (χ4v) is 2.17. The van der Waals surface area contributed by atoms with Crippen molar-refractivity contribution < 1.29 is 9.90 Å². The second kappa shape index (κ2) is 4.24. The van der Waals surface area contributed by atoms with Crippen LogP contribution in [0.4, 0.5) is 0 Å². The number of hydrogen-bond acceptors (Lipinski definition) is 2. The molecule has 3 aromatic rings. The topological polar surface area (TPSA) is 54.6 Å². The third-order valence-electron chi connectivity index (χ3n) is 3.16. The molecule has 2 aromatic heterocycles. The highest BCUT2D eigenvalue weighted by molar-refractivity contribution is 5.88. The van der Waals surface area contributed by atoms with Gasteiger partial charge >= 0.3 is 5.97 Å². The Morgan fingerprint density at radius 1 is 1.21 bits per heavy atom. The Hall–Kier alpha value is -2.62. The van der Waals surface area contributed by atoms with Crippen LogP contribution >= 0.6 is 0 Å². The lowest BCUT2D eigenvalue weighted by molar-refractivity contribution is 0.0697. The van der Waals surface area contributed by atoms with E-state index in [1.807, 2.05) is 41.7 Å². The number of fused-ring (bicyclic) bond motifs is 1. The summed E-state index contributed by atoms with van der Waals surface area (Å²) in [5, 5.41) is 9.00. The van der Waals surface area contributed by atoms with Crippen LogP contribution in [0.25, 0.3) is 16.9 Å². The van der Waals surface area contributed by atoms with Crippen LogP contribution in [0, 0.1) is 6.92 Å². The number of hydrogen-bond donors (Lipinski definition) is 1. The molecule has 0 aliphatic carbocycles. The summed E-state index contributed by atoms with van der Waals surface area (Å²) in [5.74, 6) is -0.940. The van der Waals surface area contributed by atoms with Gasteiger partial charge in [-0.3, -0.25) is 0 Å². The molecule has 0 saturated heterocycles. The molecule has 0 unspecified atom stereocenters. The molecule has 2 heterocycles. The largest absolute Gasteiger partial charge is 0.478 e. The van der Waals surface area contributed by atoms with Crippen molar-refractivity contribution >= 4 is 11.6 Å². The van der Waals surface area contributed by atoms with Crippen molar-refractivity contribution in [3.05, 3.63) is 59.9 Å². The van der Waals surface area contributed by atoms with Gasteiger partial charge in [0.15, 0.2) is 0 Å². The molecule has 0 spiro atoms. The molecule has 4 nitrogen and oxygen atoms in total. The monoisotopic (exact) mass is 252 g/mol. The summed E-state index contributed by atoms with van der Waals surface area (Å²) in [5.41, 5.74) is 3.80. The van der Waals surface area contributed by atoms with Gasteiger partial charge in [-0.25, -0.2) is 9.78 Å². The molecule has 0 atom stereocenters. The Balaban J connectivity index is 2.23. The second-order valence-corrected chi connectivity index (χ2v) is 4.36. The Labute approximate surface area is 110 Å². The Morgan fingerprint density at radius 3 is 2.63 bits per heavy atom. The summed E-state index contributed by atoms with van der Waals surface area (Å²) < 4.78 is 1.90. The maximum absolute atomic E-state index is 11.0. The van der Waals surface area contributed by atoms with Crippen molar-refractivity contribution in [3.63, 3.8) is 0 Å². The predicted molar refractivity (Wildman–Crippen MR) is 72.3 cm³/mol. The van der Waals surface area contributed by atoms with E-state index < -0.39 is 5.97 Å². The lowest BCUT2D eigenvalue weighted by Gasteiger charge is -1.99. The van der Waals surface area contributed by atoms with Gasteiger partial charge in [-0.1, -0.05) is 30.3 Å². The van der Waals surface area contributed by atoms with Gasteiger partial charge in [0.25, 0.3) is 0 Å². The predicted octanol–water partition coefficient (Wildman–Crippen LogP) is 3.01. The number of aromatic carboxylic acids is 1. The zero-order valence-corrected chi connectivity index (χ0v) is 10.4. The summed E-state index contributed by atoms with van der Waals surface area (Å²) in [6.45, 7) is 1.97. The summed E-state index contributed by atoms with van der Waals surface area (Å²) in [6, 6.07) is 13.0. The molecule has 3 rings (SSSR count). The van der Waals surface area contributed by atoms with E-state index in [1.54, 1.807) is 18.3 Å². The number of aromatic nitrogens is 2. The van der Waals surface area contributed by atoms with E-state index in [0.29, 0.717) is 5.65 Å². The third kappa shape index (κ3) is 1.87. The third-order valence-corrected chi connectivity index (χ3v) is 3.16. The van der Waals surface area contributed by atoms with Gasteiger partial charge in [-0.2, -0.15) is 0 Å². The molecular weight excluding hydrogens is 240 g/mol. The molecule has 4 heteroatoms. The zero-order valence-electron chi connectivity index (χ0n) is 10.4. The molecule has 94 valence electrons. The molecule has 0 saturated carbocycles. The lowest BCUT2D eigenvalue weighted by atomic mass is 10.1. The normalized spacial score (nSPS) is 10.8. The maximum Gasteiger partial charge on any atom is 0.335 e. The molecular formula is C15H12N2O2. The number of carboxylic acid groups (broad SMARTS) is 1. The lowest BCUT2D eigenvalue weighted by Crippen LogP contribution is -1.97. The van der Waals surface area contributed by atoms with Crippen molar-refractivity contribution in [2.75, 3.05) is 0 Å². The van der Waals surface area contributed by atoms with E-state index in [4.69, 9.17) is 5.11 Å². The average molecular weight is 252 g/mol. The van der Waals surface area contributed by atoms with Crippen LogP contribution in [0.1, 0.15) is 16.1 Å². The van der Waals surface area contributed by atoms with E-state index in [9.17, 15) is 4.79 Å². The first-order valence-corrected chi connectivity index (χ1v) is 5.94. The van der Waals surface area contributed by atoms with Gasteiger partial charge in [0.2, 0.25) is 0 Å². The highest BCUT2D eigenvalue weighted by Gasteiger charge is 2.11. The first kappa shape index (κ1) is 11.5. The second-order valence-electron chi connectivity index (χ2n) is 4.36. The quantitative estimate of drug-likeness (QED) is 0.762. The van der Waals surface area contributed by atoms with Gasteiger partial charge in [0.1, 0.15) is 5.65 Å². The molecule has 0 amide bonds. The molecule has 19 heavy (non-hydrogen) atoms. The van der Waals surface area contributed by atoms with Gasteiger partial charge in [-0.05, 0) is 19.1 Å². The minimum atomic E-state index is -0.940. The highest BCUT2D eigenvalue weighted by Crippen LogP contribution is 2.23. The van der Waals surface area contributed by atoms with Crippen LogP contribution in [0.3, 0.4) is 0 Å². The van der Waals surface area contributed by atoms with Crippen molar-refractivity contribution in [1.82, 2.24) is 9.38 Å². The van der Waals surface area contributed by atoms with Crippen LogP contribution in [0.2, 0.25) is 0 Å². The Morgan fingerprint density at radius 2 is 1.95 bits per heavy atom. The summed E-state index contributed by atoms with van der Waals surface area (Å²) in [6.07, 6.45) is 1.74. The number of pyridine rings is 1.